The van der Waals surface area contributed by atoms with Gasteiger partial charge in [0.25, 0.3) is 5.91 Å². The summed E-state index contributed by atoms with van der Waals surface area (Å²) in [5.74, 6) is -1.20. The van der Waals surface area contributed by atoms with Gasteiger partial charge in [-0.1, -0.05) is 6.07 Å². The van der Waals surface area contributed by atoms with Gasteiger partial charge < -0.3 is 34.8 Å². The van der Waals surface area contributed by atoms with Crippen molar-refractivity contribution in [2.45, 2.75) is 0 Å². The molecular weight excluding hydrogens is 464 g/mol. The minimum absolute atomic E-state index is 0.0899. The Labute approximate surface area is 206 Å². The van der Waals surface area contributed by atoms with E-state index in [1.165, 1.54) is 25.3 Å². The minimum atomic E-state index is -1.06. The van der Waals surface area contributed by atoms with Gasteiger partial charge in [0, 0.05) is 43.0 Å². The number of carbonyl (C=O) groups is 2. The molecule has 4 aromatic rings. The highest BCUT2D eigenvalue weighted by atomic mass is 16.5. The second-order valence-electron chi connectivity index (χ2n) is 8.50. The molecule has 0 radical (unpaired) electrons. The van der Waals surface area contributed by atoms with Crippen LogP contribution in [0.3, 0.4) is 0 Å². The van der Waals surface area contributed by atoms with E-state index >= 15 is 0 Å². The number of carboxylic acid groups (broad SMARTS) is 1. The third kappa shape index (κ3) is 4.24. The molecule has 184 valence electrons. The Morgan fingerprint density at radius 1 is 0.972 bits per heavy atom. The number of H-pyrrole nitrogens is 1. The van der Waals surface area contributed by atoms with Crippen molar-refractivity contribution in [1.29, 1.82) is 0 Å². The number of rotatable bonds is 5. The molecule has 1 amide bonds. The summed E-state index contributed by atoms with van der Waals surface area (Å²) in [5, 5.41) is 29.1. The number of benzene rings is 3. The smallest absolute Gasteiger partial charge is 0.335 e. The number of carbonyl (C=O) groups excluding carboxylic acids is 1. The highest BCUT2D eigenvalue weighted by Gasteiger charge is 2.23. The average molecular weight is 489 g/mol. The number of imidazole rings is 1. The molecule has 1 aliphatic rings. The number of aromatic nitrogens is 2. The highest BCUT2D eigenvalue weighted by Crippen LogP contribution is 2.39. The zero-order valence-corrected chi connectivity index (χ0v) is 19.4. The van der Waals surface area contributed by atoms with Crippen molar-refractivity contribution in [3.8, 4) is 28.6 Å². The van der Waals surface area contributed by atoms with E-state index in [0.29, 0.717) is 43.1 Å². The van der Waals surface area contributed by atoms with Gasteiger partial charge in [-0.2, -0.15) is 0 Å². The number of carboxylic acids is 1. The maximum Gasteiger partial charge on any atom is 0.335 e. The molecule has 0 bridgehead atoms. The molecule has 10 nitrogen and oxygen atoms in total. The number of hydrogen-bond acceptors (Lipinski definition) is 7. The lowest BCUT2D eigenvalue weighted by atomic mass is 10.1. The lowest BCUT2D eigenvalue weighted by Crippen LogP contribution is -2.48. The Balaban J connectivity index is 1.31. The number of ether oxygens (including phenoxy) is 1. The normalized spacial score (nSPS) is 13.7. The van der Waals surface area contributed by atoms with Crippen molar-refractivity contribution >= 4 is 28.6 Å². The fourth-order valence-electron chi connectivity index (χ4n) is 4.35. The largest absolute Gasteiger partial charge is 0.504 e. The number of nitrogens with one attached hydrogen (secondary N) is 1. The summed E-state index contributed by atoms with van der Waals surface area (Å²) in [7, 11) is 1.41. The van der Waals surface area contributed by atoms with Gasteiger partial charge in [0.1, 0.15) is 5.82 Å². The van der Waals surface area contributed by atoms with Crippen molar-refractivity contribution < 1.29 is 29.6 Å². The monoisotopic (exact) mass is 488 g/mol. The van der Waals surface area contributed by atoms with Crippen LogP contribution < -0.4 is 9.64 Å². The number of anilines is 1. The lowest BCUT2D eigenvalue weighted by Gasteiger charge is -2.36. The van der Waals surface area contributed by atoms with Crippen molar-refractivity contribution in [2.24, 2.45) is 0 Å². The maximum absolute atomic E-state index is 12.9. The summed E-state index contributed by atoms with van der Waals surface area (Å²) < 4.78 is 5.12. The summed E-state index contributed by atoms with van der Waals surface area (Å²) in [6, 6.07) is 15.0. The second-order valence-corrected chi connectivity index (χ2v) is 8.50. The number of nitrogens with zero attached hydrogens (tertiary/aromatic N) is 3. The molecule has 36 heavy (non-hydrogen) atoms. The Kier molecular flexibility index (Phi) is 5.85. The Morgan fingerprint density at radius 2 is 1.72 bits per heavy atom. The summed E-state index contributed by atoms with van der Waals surface area (Å²) in [4.78, 5) is 35.9. The molecule has 2 heterocycles. The van der Waals surface area contributed by atoms with E-state index in [1.54, 1.807) is 23.1 Å². The number of phenolic OH excluding ortho intramolecular Hbond substituents is 2. The highest BCUT2D eigenvalue weighted by molar-refractivity contribution is 5.97. The molecule has 0 aliphatic carbocycles. The van der Waals surface area contributed by atoms with Gasteiger partial charge in [-0.15, -0.1) is 0 Å². The zero-order chi connectivity index (χ0) is 25.4. The quantitative estimate of drug-likeness (QED) is 0.314. The van der Waals surface area contributed by atoms with E-state index in [1.807, 2.05) is 18.2 Å². The molecule has 0 saturated carbocycles. The summed E-state index contributed by atoms with van der Waals surface area (Å²) in [6.45, 7) is 2.26. The van der Waals surface area contributed by atoms with Crippen LogP contribution in [0.2, 0.25) is 0 Å². The SMILES string of the molecule is COc1cc(-c2nc3cc(N4CCN(C(=O)c5cccc(C(=O)O)c5)CC4)ccc3[nH]2)cc(O)c1O. The van der Waals surface area contributed by atoms with Gasteiger partial charge in [0.15, 0.2) is 11.5 Å². The topological polar surface area (TPSA) is 139 Å². The van der Waals surface area contributed by atoms with Gasteiger partial charge in [0.05, 0.1) is 23.7 Å². The summed E-state index contributed by atoms with van der Waals surface area (Å²) in [6.07, 6.45) is 0. The predicted octanol–water partition coefficient (Wildman–Crippen LogP) is 3.31. The lowest BCUT2D eigenvalue weighted by molar-refractivity contribution is 0.0697. The van der Waals surface area contributed by atoms with E-state index in [4.69, 9.17) is 4.74 Å². The van der Waals surface area contributed by atoms with E-state index in [2.05, 4.69) is 14.9 Å². The fourth-order valence-corrected chi connectivity index (χ4v) is 4.35. The van der Waals surface area contributed by atoms with Crippen LogP contribution in [0.5, 0.6) is 17.2 Å². The molecule has 1 aromatic heterocycles. The molecule has 1 aliphatic heterocycles. The predicted molar refractivity (Wildman–Crippen MR) is 133 cm³/mol. The van der Waals surface area contributed by atoms with Crippen LogP contribution in [0.1, 0.15) is 20.7 Å². The van der Waals surface area contributed by atoms with Gasteiger partial charge in [-0.3, -0.25) is 4.79 Å². The average Bonchev–Trinajstić information content (AvgIpc) is 3.33. The van der Waals surface area contributed by atoms with Crippen LogP contribution >= 0.6 is 0 Å². The molecule has 1 saturated heterocycles. The molecule has 4 N–H and O–H groups in total. The van der Waals surface area contributed by atoms with E-state index in [9.17, 15) is 24.9 Å². The third-order valence-electron chi connectivity index (χ3n) is 6.30. The van der Waals surface area contributed by atoms with Crippen molar-refractivity contribution in [1.82, 2.24) is 14.9 Å². The molecule has 10 heteroatoms. The number of hydrogen-bond donors (Lipinski definition) is 4. The van der Waals surface area contributed by atoms with Gasteiger partial charge >= 0.3 is 5.97 Å². The first-order valence-electron chi connectivity index (χ1n) is 11.3. The van der Waals surface area contributed by atoms with Gasteiger partial charge in [-0.25, -0.2) is 9.78 Å². The number of aromatic amines is 1. The molecular formula is C26H24N4O6. The Bertz CT molecular complexity index is 1470. The number of methoxy groups -OCH3 is 1. The van der Waals surface area contributed by atoms with E-state index in [0.717, 1.165) is 16.7 Å². The molecule has 5 rings (SSSR count). The fraction of sp³-hybridized carbons (Fsp3) is 0.192. The van der Waals surface area contributed by atoms with Gasteiger partial charge in [-0.05, 0) is 48.5 Å². The Hall–Kier alpha value is -4.73. The number of aromatic carboxylic acids is 1. The van der Waals surface area contributed by atoms with Crippen LogP contribution in [0, 0.1) is 0 Å². The van der Waals surface area contributed by atoms with Crippen LogP contribution in [0.4, 0.5) is 5.69 Å². The molecule has 1 fully saturated rings. The first kappa shape index (κ1) is 23.0. The number of piperazine rings is 1. The van der Waals surface area contributed by atoms with E-state index < -0.39 is 5.97 Å². The van der Waals surface area contributed by atoms with Crippen LogP contribution in [-0.4, -0.2) is 75.4 Å². The standard InChI is InChI=1S/C26H24N4O6/c1-36-22-13-17(12-21(31)23(22)32)24-27-19-6-5-18(14-20(19)28-24)29-7-9-30(10-8-29)25(33)15-3-2-4-16(11-15)26(34)35/h2-6,11-14,31-32H,7-10H2,1H3,(H,27,28)(H,34,35). The molecule has 0 unspecified atom stereocenters. The number of aromatic hydroxyl groups is 2. The third-order valence-corrected chi connectivity index (χ3v) is 6.30. The van der Waals surface area contributed by atoms with Crippen LogP contribution in [0.15, 0.2) is 54.6 Å². The van der Waals surface area contributed by atoms with Gasteiger partial charge in [0.2, 0.25) is 5.75 Å². The zero-order valence-electron chi connectivity index (χ0n) is 19.4. The molecule has 0 atom stereocenters. The number of phenols is 2. The summed E-state index contributed by atoms with van der Waals surface area (Å²) in [5.41, 5.74) is 3.54. The van der Waals surface area contributed by atoms with Crippen LogP contribution in [-0.2, 0) is 0 Å². The molecule has 0 spiro atoms. The van der Waals surface area contributed by atoms with Crippen molar-refractivity contribution in [3.63, 3.8) is 0 Å². The summed E-state index contributed by atoms with van der Waals surface area (Å²) >= 11 is 0. The van der Waals surface area contributed by atoms with E-state index in [-0.39, 0.29) is 28.7 Å². The Morgan fingerprint density at radius 3 is 2.44 bits per heavy atom. The number of fused-ring (bicyclic) bond motifs is 1. The first-order chi connectivity index (χ1) is 17.3. The molecule has 3 aromatic carbocycles. The first-order valence-corrected chi connectivity index (χ1v) is 11.3. The maximum atomic E-state index is 12.9. The van der Waals surface area contributed by atoms with Crippen molar-refractivity contribution in [3.05, 3.63) is 65.7 Å². The minimum Gasteiger partial charge on any atom is -0.504 e. The number of amides is 1. The van der Waals surface area contributed by atoms with Crippen LogP contribution in [0.25, 0.3) is 22.4 Å². The van der Waals surface area contributed by atoms with Crippen molar-refractivity contribution in [2.75, 3.05) is 38.2 Å². The second kappa shape index (κ2) is 9.14.